The number of thiazole rings is 1. The highest BCUT2D eigenvalue weighted by Gasteiger charge is 2.41. The number of nitrogens with zero attached hydrogens (tertiary/aromatic N) is 1. The number of fused-ring (bicyclic) bond motifs is 2. The first-order valence-electron chi connectivity index (χ1n) is 5.70. The van der Waals surface area contributed by atoms with Gasteiger partial charge < -0.3 is 0 Å². The van der Waals surface area contributed by atoms with Crippen molar-refractivity contribution in [2.24, 2.45) is 11.8 Å². The lowest BCUT2D eigenvalue weighted by Crippen LogP contribution is -2.08. The molecular weight excluding hydrogens is 206 g/mol. The number of hydrogen-bond acceptors (Lipinski definition) is 3. The van der Waals surface area contributed by atoms with E-state index in [2.05, 4.69) is 4.98 Å². The van der Waals surface area contributed by atoms with Gasteiger partial charge in [-0.1, -0.05) is 6.42 Å². The van der Waals surface area contributed by atoms with E-state index < -0.39 is 0 Å². The molecule has 0 aliphatic heterocycles. The minimum absolute atomic E-state index is 0.0978. The van der Waals surface area contributed by atoms with Crippen LogP contribution in [0.3, 0.4) is 0 Å². The van der Waals surface area contributed by atoms with E-state index in [-0.39, 0.29) is 5.78 Å². The number of rotatable bonds is 2. The van der Waals surface area contributed by atoms with Crippen molar-refractivity contribution in [2.45, 2.75) is 38.5 Å². The van der Waals surface area contributed by atoms with Crippen LogP contribution in [0.5, 0.6) is 0 Å². The predicted octanol–water partition coefficient (Wildman–Crippen LogP) is 3.25. The monoisotopic (exact) mass is 221 g/mol. The summed E-state index contributed by atoms with van der Waals surface area (Å²) in [5.74, 6) is 2.58. The van der Waals surface area contributed by atoms with Crippen molar-refractivity contribution in [3.8, 4) is 0 Å². The van der Waals surface area contributed by atoms with E-state index >= 15 is 0 Å². The maximum absolute atomic E-state index is 11.2. The summed E-state index contributed by atoms with van der Waals surface area (Å²) in [5.41, 5.74) is 0.665. The van der Waals surface area contributed by atoms with E-state index in [1.54, 1.807) is 18.3 Å². The molecule has 3 heteroatoms. The van der Waals surface area contributed by atoms with Crippen molar-refractivity contribution < 1.29 is 4.79 Å². The minimum atomic E-state index is 0.0978. The summed E-state index contributed by atoms with van der Waals surface area (Å²) in [6.07, 6.45) is 5.52. The van der Waals surface area contributed by atoms with E-state index in [9.17, 15) is 4.79 Å². The van der Waals surface area contributed by atoms with Crippen LogP contribution in [0.15, 0.2) is 5.38 Å². The first-order valence-corrected chi connectivity index (χ1v) is 6.58. The first kappa shape index (κ1) is 9.52. The van der Waals surface area contributed by atoms with Gasteiger partial charge in [0.1, 0.15) is 5.69 Å². The quantitative estimate of drug-likeness (QED) is 0.717. The SMILES string of the molecule is CC(=O)c1csc(C2CC3CCC2C3)n1. The predicted molar refractivity (Wildman–Crippen MR) is 60.3 cm³/mol. The van der Waals surface area contributed by atoms with Gasteiger partial charge in [-0.2, -0.15) is 0 Å². The smallest absolute Gasteiger partial charge is 0.178 e. The van der Waals surface area contributed by atoms with Gasteiger partial charge in [-0.25, -0.2) is 4.98 Å². The van der Waals surface area contributed by atoms with Gasteiger partial charge in [0.2, 0.25) is 0 Å². The maximum atomic E-state index is 11.2. The van der Waals surface area contributed by atoms with Crippen LogP contribution in [0.1, 0.15) is 54.0 Å². The Morgan fingerprint density at radius 1 is 1.47 bits per heavy atom. The van der Waals surface area contributed by atoms with Gasteiger partial charge in [0.25, 0.3) is 0 Å². The number of carbonyl (C=O) groups is 1. The van der Waals surface area contributed by atoms with Crippen LogP contribution in [0.2, 0.25) is 0 Å². The zero-order chi connectivity index (χ0) is 10.4. The average molecular weight is 221 g/mol. The lowest BCUT2D eigenvalue weighted by atomic mass is 9.89. The van der Waals surface area contributed by atoms with Crippen molar-refractivity contribution in [1.82, 2.24) is 4.98 Å². The fourth-order valence-corrected chi connectivity index (χ4v) is 4.23. The first-order chi connectivity index (χ1) is 7.24. The van der Waals surface area contributed by atoms with Crippen LogP contribution in [0.4, 0.5) is 0 Å². The van der Waals surface area contributed by atoms with Crippen molar-refractivity contribution in [1.29, 1.82) is 0 Å². The molecule has 2 nitrogen and oxygen atoms in total. The second-order valence-corrected chi connectivity index (χ2v) is 5.80. The molecule has 2 bridgehead atoms. The van der Waals surface area contributed by atoms with Crippen molar-refractivity contribution in [2.75, 3.05) is 0 Å². The van der Waals surface area contributed by atoms with Crippen LogP contribution in [-0.4, -0.2) is 10.8 Å². The molecule has 0 aromatic carbocycles. The molecule has 1 aromatic heterocycles. The Bertz CT molecular complexity index is 398. The molecule has 0 radical (unpaired) electrons. The molecule has 3 rings (SSSR count). The third-order valence-electron chi connectivity index (χ3n) is 3.94. The molecule has 80 valence electrons. The number of aromatic nitrogens is 1. The number of carbonyl (C=O) groups excluding carboxylic acids is 1. The van der Waals surface area contributed by atoms with Crippen LogP contribution in [-0.2, 0) is 0 Å². The van der Waals surface area contributed by atoms with Crippen LogP contribution in [0, 0.1) is 11.8 Å². The highest BCUT2D eigenvalue weighted by atomic mass is 32.1. The Balaban J connectivity index is 1.84. The van der Waals surface area contributed by atoms with Gasteiger partial charge in [0, 0.05) is 18.2 Å². The molecule has 0 saturated heterocycles. The zero-order valence-electron chi connectivity index (χ0n) is 8.90. The molecule has 3 unspecified atom stereocenters. The maximum Gasteiger partial charge on any atom is 0.178 e. The number of Topliss-reactive ketones (excluding diaryl/α,β-unsaturated/α-hetero) is 1. The van der Waals surface area contributed by atoms with E-state index in [1.807, 2.05) is 5.38 Å². The van der Waals surface area contributed by atoms with E-state index in [0.717, 1.165) is 11.8 Å². The molecule has 3 atom stereocenters. The second kappa shape index (κ2) is 3.41. The van der Waals surface area contributed by atoms with Gasteiger partial charge in [-0.05, 0) is 31.1 Å². The van der Waals surface area contributed by atoms with E-state index in [4.69, 9.17) is 0 Å². The summed E-state index contributed by atoms with van der Waals surface area (Å²) in [5, 5.41) is 3.14. The molecule has 15 heavy (non-hydrogen) atoms. The topological polar surface area (TPSA) is 30.0 Å². The molecule has 0 amide bonds. The molecule has 2 saturated carbocycles. The van der Waals surface area contributed by atoms with Gasteiger partial charge >= 0.3 is 0 Å². The third kappa shape index (κ3) is 1.53. The number of hydrogen-bond donors (Lipinski definition) is 0. The summed E-state index contributed by atoms with van der Waals surface area (Å²) in [6.45, 7) is 1.60. The Kier molecular flexibility index (Phi) is 2.16. The summed E-state index contributed by atoms with van der Waals surface area (Å²) >= 11 is 1.68. The Morgan fingerprint density at radius 2 is 2.33 bits per heavy atom. The van der Waals surface area contributed by atoms with E-state index in [1.165, 1.54) is 30.7 Å². The van der Waals surface area contributed by atoms with Crippen molar-refractivity contribution in [3.05, 3.63) is 16.1 Å². The second-order valence-electron chi connectivity index (χ2n) is 4.91. The Morgan fingerprint density at radius 3 is 2.87 bits per heavy atom. The highest BCUT2D eigenvalue weighted by Crippen LogP contribution is 2.53. The molecule has 0 N–H and O–H groups in total. The van der Waals surface area contributed by atoms with Gasteiger partial charge in [-0.15, -0.1) is 11.3 Å². The fraction of sp³-hybridized carbons (Fsp3) is 0.667. The summed E-state index contributed by atoms with van der Waals surface area (Å²) in [7, 11) is 0. The third-order valence-corrected chi connectivity index (χ3v) is 4.91. The Hall–Kier alpha value is -0.700. The molecule has 1 heterocycles. The zero-order valence-corrected chi connectivity index (χ0v) is 9.72. The van der Waals surface area contributed by atoms with Gasteiger partial charge in [-0.3, -0.25) is 4.79 Å². The standard InChI is InChI=1S/C12H15NOS/c1-7(14)11-6-15-12(13-11)10-5-8-2-3-9(10)4-8/h6,8-10H,2-5H2,1H3. The van der Waals surface area contributed by atoms with Crippen molar-refractivity contribution >= 4 is 17.1 Å². The minimum Gasteiger partial charge on any atom is -0.293 e. The van der Waals surface area contributed by atoms with E-state index in [0.29, 0.717) is 11.6 Å². The molecule has 2 aliphatic rings. The lowest BCUT2D eigenvalue weighted by Gasteiger charge is -2.18. The number of ketones is 1. The molecular formula is C12H15NOS. The largest absolute Gasteiger partial charge is 0.293 e. The molecule has 2 fully saturated rings. The summed E-state index contributed by atoms with van der Waals surface area (Å²) in [6, 6.07) is 0. The molecule has 1 aromatic rings. The average Bonchev–Trinajstić information content (AvgIpc) is 2.93. The Labute approximate surface area is 93.7 Å². The van der Waals surface area contributed by atoms with Gasteiger partial charge in [0.05, 0.1) is 5.01 Å². The summed E-state index contributed by atoms with van der Waals surface area (Å²) < 4.78 is 0. The highest BCUT2D eigenvalue weighted by molar-refractivity contribution is 7.09. The van der Waals surface area contributed by atoms with Crippen LogP contribution < -0.4 is 0 Å². The normalized spacial score (nSPS) is 33.5. The summed E-state index contributed by atoms with van der Waals surface area (Å²) in [4.78, 5) is 15.7. The molecule has 0 spiro atoms. The van der Waals surface area contributed by atoms with Crippen LogP contribution >= 0.6 is 11.3 Å². The lowest BCUT2D eigenvalue weighted by molar-refractivity contribution is 0.101. The van der Waals surface area contributed by atoms with Gasteiger partial charge in [0.15, 0.2) is 5.78 Å². The van der Waals surface area contributed by atoms with Crippen molar-refractivity contribution in [3.63, 3.8) is 0 Å². The fourth-order valence-electron chi connectivity index (χ4n) is 3.17. The molecule has 2 aliphatic carbocycles. The van der Waals surface area contributed by atoms with Crippen LogP contribution in [0.25, 0.3) is 0 Å².